The molecule has 0 saturated heterocycles. The Morgan fingerprint density at radius 3 is 1.39 bits per heavy atom. The van der Waals surface area contributed by atoms with Crippen LogP contribution >= 0.6 is 0 Å². The Morgan fingerprint density at radius 2 is 0.965 bits per heavy atom. The predicted octanol–water partition coefficient (Wildman–Crippen LogP) is 13.8. The van der Waals surface area contributed by atoms with Crippen molar-refractivity contribution in [1.29, 1.82) is 5.26 Å². The Morgan fingerprint density at radius 1 is 0.544 bits per heavy atom. The van der Waals surface area contributed by atoms with Gasteiger partial charge in [0, 0.05) is 34.1 Å². The zero-order valence-corrected chi connectivity index (χ0v) is 31.8. The number of methoxy groups -OCH3 is 1. The van der Waals surface area contributed by atoms with Crippen molar-refractivity contribution in [1.82, 2.24) is 0 Å². The van der Waals surface area contributed by atoms with E-state index >= 15 is 0 Å². The second kappa shape index (κ2) is 18.0. The Hall–Kier alpha value is -7.80. The SMILES string of the molecule is [C-]#[N+]c1cc(/C=C\c2ccc(N(c3ccccc3)c3ccc(OCC)cc3)cc2)c(C#N)cc1/C=C\c1ccc(N(c2ccccc2)c2ccc(OC)cc2)cc1. The van der Waals surface area contributed by atoms with Crippen LogP contribution < -0.4 is 19.3 Å². The first kappa shape index (κ1) is 37.5. The molecule has 276 valence electrons. The maximum absolute atomic E-state index is 10.1. The van der Waals surface area contributed by atoms with E-state index in [-0.39, 0.29) is 0 Å². The van der Waals surface area contributed by atoms with Crippen molar-refractivity contribution in [3.05, 3.63) is 209 Å². The molecule has 0 radical (unpaired) electrons. The Bertz CT molecular complexity index is 2550. The number of ether oxygens (including phenoxy) is 2. The summed E-state index contributed by atoms with van der Waals surface area (Å²) in [6.45, 7) is 10.5. The molecule has 0 saturated carbocycles. The summed E-state index contributed by atoms with van der Waals surface area (Å²) in [5.41, 5.74) is 10.4. The Kier molecular flexibility index (Phi) is 11.9. The van der Waals surface area contributed by atoms with Gasteiger partial charge in [0.15, 0.2) is 5.69 Å². The first-order valence-corrected chi connectivity index (χ1v) is 18.7. The molecule has 6 heteroatoms. The van der Waals surface area contributed by atoms with Gasteiger partial charge in [-0.3, -0.25) is 0 Å². The van der Waals surface area contributed by atoms with Crippen LogP contribution in [0, 0.1) is 17.9 Å². The van der Waals surface area contributed by atoms with Crippen molar-refractivity contribution < 1.29 is 9.47 Å². The van der Waals surface area contributed by atoms with Gasteiger partial charge in [-0.15, -0.1) is 0 Å². The lowest BCUT2D eigenvalue weighted by Gasteiger charge is -2.25. The second-order valence-corrected chi connectivity index (χ2v) is 13.0. The summed E-state index contributed by atoms with van der Waals surface area (Å²) in [7, 11) is 1.66. The van der Waals surface area contributed by atoms with Gasteiger partial charge in [0.05, 0.1) is 31.9 Å². The molecular formula is C51H40N4O2. The van der Waals surface area contributed by atoms with Crippen LogP contribution in [0.5, 0.6) is 11.5 Å². The summed E-state index contributed by atoms with van der Waals surface area (Å²) in [5, 5.41) is 10.1. The van der Waals surface area contributed by atoms with Crippen LogP contribution in [0.3, 0.4) is 0 Å². The summed E-state index contributed by atoms with van der Waals surface area (Å²) in [6.07, 6.45) is 7.74. The molecule has 57 heavy (non-hydrogen) atoms. The number of nitriles is 1. The molecule has 0 aliphatic carbocycles. The van der Waals surface area contributed by atoms with E-state index in [2.05, 4.69) is 93.5 Å². The molecule has 7 aromatic carbocycles. The van der Waals surface area contributed by atoms with Crippen LogP contribution in [-0.4, -0.2) is 13.7 Å². The maximum Gasteiger partial charge on any atom is 0.194 e. The molecule has 0 aliphatic rings. The van der Waals surface area contributed by atoms with E-state index in [1.807, 2.05) is 116 Å². The van der Waals surface area contributed by atoms with E-state index in [0.717, 1.165) is 56.8 Å². The third-order valence-electron chi connectivity index (χ3n) is 9.42. The van der Waals surface area contributed by atoms with Gasteiger partial charge in [0.1, 0.15) is 11.5 Å². The number of hydrogen-bond acceptors (Lipinski definition) is 5. The van der Waals surface area contributed by atoms with E-state index in [4.69, 9.17) is 16.0 Å². The first-order valence-electron chi connectivity index (χ1n) is 18.7. The Labute approximate surface area is 334 Å². The molecule has 7 rings (SSSR count). The van der Waals surface area contributed by atoms with Gasteiger partial charge in [-0.25, -0.2) is 4.85 Å². The third kappa shape index (κ3) is 8.95. The molecule has 0 aliphatic heterocycles. The summed E-state index contributed by atoms with van der Waals surface area (Å²) in [5.74, 6) is 1.63. The zero-order valence-electron chi connectivity index (χ0n) is 31.8. The minimum atomic E-state index is 0.473. The summed E-state index contributed by atoms with van der Waals surface area (Å²) >= 11 is 0. The molecule has 0 atom stereocenters. The van der Waals surface area contributed by atoms with Crippen molar-refractivity contribution in [2.75, 3.05) is 23.5 Å². The van der Waals surface area contributed by atoms with Crippen molar-refractivity contribution >= 4 is 64.1 Å². The zero-order chi connectivity index (χ0) is 39.4. The van der Waals surface area contributed by atoms with Gasteiger partial charge in [0.25, 0.3) is 0 Å². The quantitative estimate of drug-likeness (QED) is 0.0870. The van der Waals surface area contributed by atoms with Crippen LogP contribution in [0.2, 0.25) is 0 Å². The van der Waals surface area contributed by atoms with Crippen molar-refractivity contribution in [3.8, 4) is 17.6 Å². The van der Waals surface area contributed by atoms with Gasteiger partial charge in [-0.05, 0) is 138 Å². The van der Waals surface area contributed by atoms with E-state index in [0.29, 0.717) is 29.0 Å². The van der Waals surface area contributed by atoms with Gasteiger partial charge >= 0.3 is 0 Å². The number of benzene rings is 7. The number of hydrogen-bond donors (Lipinski definition) is 0. The second-order valence-electron chi connectivity index (χ2n) is 13.0. The lowest BCUT2D eigenvalue weighted by atomic mass is 10.0. The fourth-order valence-electron chi connectivity index (χ4n) is 6.57. The lowest BCUT2D eigenvalue weighted by molar-refractivity contribution is 0.340. The fourth-order valence-corrected chi connectivity index (χ4v) is 6.57. The molecule has 0 N–H and O–H groups in total. The minimum absolute atomic E-state index is 0.473. The highest BCUT2D eigenvalue weighted by Crippen LogP contribution is 2.37. The van der Waals surface area contributed by atoms with Gasteiger partial charge in [0.2, 0.25) is 0 Å². The largest absolute Gasteiger partial charge is 0.497 e. The maximum atomic E-state index is 10.1. The smallest absolute Gasteiger partial charge is 0.194 e. The molecule has 7 aromatic rings. The van der Waals surface area contributed by atoms with Crippen molar-refractivity contribution in [2.45, 2.75) is 6.92 Å². The molecule has 0 amide bonds. The monoisotopic (exact) mass is 740 g/mol. The van der Waals surface area contributed by atoms with Crippen LogP contribution in [0.15, 0.2) is 170 Å². The minimum Gasteiger partial charge on any atom is -0.497 e. The summed E-state index contributed by atoms with van der Waals surface area (Å²) in [4.78, 5) is 8.20. The highest BCUT2D eigenvalue weighted by atomic mass is 16.5. The van der Waals surface area contributed by atoms with E-state index in [1.54, 1.807) is 19.2 Å². The van der Waals surface area contributed by atoms with Crippen LogP contribution in [-0.2, 0) is 0 Å². The fraction of sp³-hybridized carbons (Fsp3) is 0.0588. The van der Waals surface area contributed by atoms with Gasteiger partial charge in [-0.2, -0.15) is 5.26 Å². The van der Waals surface area contributed by atoms with E-state index in [9.17, 15) is 5.26 Å². The molecular weight excluding hydrogens is 701 g/mol. The molecule has 0 unspecified atom stereocenters. The predicted molar refractivity (Wildman–Crippen MR) is 235 cm³/mol. The van der Waals surface area contributed by atoms with Crippen molar-refractivity contribution in [3.63, 3.8) is 0 Å². The third-order valence-corrected chi connectivity index (χ3v) is 9.42. The average Bonchev–Trinajstić information content (AvgIpc) is 3.27. The topological polar surface area (TPSA) is 53.1 Å². The highest BCUT2D eigenvalue weighted by Gasteiger charge is 2.14. The van der Waals surface area contributed by atoms with Crippen LogP contribution in [0.1, 0.15) is 34.7 Å². The number of anilines is 6. The molecule has 0 heterocycles. The molecule has 0 aromatic heterocycles. The lowest BCUT2D eigenvalue weighted by Crippen LogP contribution is -2.09. The molecule has 6 nitrogen and oxygen atoms in total. The van der Waals surface area contributed by atoms with Crippen LogP contribution in [0.4, 0.5) is 39.8 Å². The van der Waals surface area contributed by atoms with Crippen LogP contribution in [0.25, 0.3) is 29.1 Å². The van der Waals surface area contributed by atoms with E-state index in [1.165, 1.54) is 0 Å². The normalized spacial score (nSPS) is 10.9. The van der Waals surface area contributed by atoms with Gasteiger partial charge < -0.3 is 19.3 Å². The number of rotatable bonds is 13. The molecule has 0 fully saturated rings. The first-order chi connectivity index (χ1) is 28.1. The van der Waals surface area contributed by atoms with E-state index < -0.39 is 0 Å². The average molecular weight is 741 g/mol. The number of nitrogens with zero attached hydrogens (tertiary/aromatic N) is 4. The summed E-state index contributed by atoms with van der Waals surface area (Å²) < 4.78 is 11.0. The van der Waals surface area contributed by atoms with Crippen molar-refractivity contribution in [2.24, 2.45) is 0 Å². The number of para-hydroxylation sites is 2. The Balaban J connectivity index is 1.10. The summed E-state index contributed by atoms with van der Waals surface area (Å²) in [6, 6.07) is 59.0. The van der Waals surface area contributed by atoms with Gasteiger partial charge in [-0.1, -0.05) is 85.0 Å². The molecule has 0 bridgehead atoms. The molecule has 0 spiro atoms. The standard InChI is InChI=1S/C51H40N4O2/c1-4-57-50-33-29-48(30-34-50)55(44-13-9-6-10-14-44)46-23-17-38(18-24-46)15-21-40-36-51(53-2)41(35-42(40)37-52)22-16-39-19-25-45(26-20-39)54(43-11-7-5-8-12-43)47-27-31-49(56-3)32-28-47/h5-36H,4H2,1,3H3/b21-15-,22-16-. The highest BCUT2D eigenvalue weighted by molar-refractivity contribution is 5.84.